The van der Waals surface area contributed by atoms with Crippen LogP contribution in [0.2, 0.25) is 0 Å². The van der Waals surface area contributed by atoms with E-state index in [1.165, 1.54) is 36.4 Å². The number of hydrogen-bond acceptors (Lipinski definition) is 5. The first kappa shape index (κ1) is 10.7. The fourth-order valence-corrected chi connectivity index (χ4v) is 2.73. The molecular formula is C10H16N4S. The van der Waals surface area contributed by atoms with E-state index in [9.17, 15) is 0 Å². The summed E-state index contributed by atoms with van der Waals surface area (Å²) in [6.45, 7) is 1.98. The Balaban J connectivity index is 2.24. The molecule has 15 heavy (non-hydrogen) atoms. The predicted octanol–water partition coefficient (Wildman–Crippen LogP) is 1.85. The van der Waals surface area contributed by atoms with Crippen molar-refractivity contribution >= 4 is 11.5 Å². The summed E-state index contributed by atoms with van der Waals surface area (Å²) in [5.74, 6) is 5.62. The Hall–Kier alpha value is -0.780. The van der Waals surface area contributed by atoms with Crippen LogP contribution in [0.1, 0.15) is 42.3 Å². The summed E-state index contributed by atoms with van der Waals surface area (Å²) >= 11 is 1.43. The molecule has 0 amide bonds. The van der Waals surface area contributed by atoms with Gasteiger partial charge in [-0.3, -0.25) is 5.84 Å². The van der Waals surface area contributed by atoms with Crippen LogP contribution in [0.3, 0.4) is 0 Å². The maximum Gasteiger partial charge on any atom is 0.0797 e. The fraction of sp³-hybridized carbons (Fsp3) is 0.600. The van der Waals surface area contributed by atoms with Crippen molar-refractivity contribution in [3.63, 3.8) is 0 Å². The summed E-state index contributed by atoms with van der Waals surface area (Å²) in [7, 11) is 0. The van der Waals surface area contributed by atoms with E-state index in [1.807, 2.05) is 6.92 Å². The van der Waals surface area contributed by atoms with Gasteiger partial charge in [-0.25, -0.2) is 5.43 Å². The molecule has 0 radical (unpaired) electrons. The molecule has 2 rings (SSSR count). The molecule has 0 saturated carbocycles. The largest absolute Gasteiger partial charge is 0.271 e. The number of aryl methyl sites for hydroxylation is 1. The van der Waals surface area contributed by atoms with Gasteiger partial charge in [-0.2, -0.15) is 0 Å². The molecule has 1 aliphatic rings. The van der Waals surface area contributed by atoms with E-state index in [2.05, 4.69) is 21.1 Å². The summed E-state index contributed by atoms with van der Waals surface area (Å²) in [5, 5.41) is 4.03. The molecule has 1 aromatic heterocycles. The van der Waals surface area contributed by atoms with Crippen molar-refractivity contribution in [3.05, 3.63) is 22.2 Å². The van der Waals surface area contributed by atoms with Crippen molar-refractivity contribution in [2.45, 2.75) is 38.6 Å². The minimum Gasteiger partial charge on any atom is -0.271 e. The van der Waals surface area contributed by atoms with Gasteiger partial charge in [0.25, 0.3) is 0 Å². The van der Waals surface area contributed by atoms with Crippen LogP contribution in [0.5, 0.6) is 0 Å². The smallest absolute Gasteiger partial charge is 0.0797 e. The molecule has 5 heteroatoms. The lowest BCUT2D eigenvalue weighted by atomic mass is 9.93. The highest BCUT2D eigenvalue weighted by Gasteiger charge is 2.20. The number of aromatic nitrogens is 2. The first-order valence-corrected chi connectivity index (χ1v) is 6.04. The molecule has 0 aliphatic heterocycles. The molecule has 0 bridgehead atoms. The number of allylic oxidation sites excluding steroid dienone is 1. The Kier molecular flexibility index (Phi) is 3.45. The summed E-state index contributed by atoms with van der Waals surface area (Å²) in [5.41, 5.74) is 5.25. The number of nitrogens with zero attached hydrogens (tertiary/aromatic N) is 2. The van der Waals surface area contributed by atoms with Gasteiger partial charge in [0, 0.05) is 0 Å². The number of hydrogen-bond donors (Lipinski definition) is 2. The standard InChI is InChI=1S/C10H16N4S/c1-7-10(15-14-13-7)9(12-11)8-5-3-2-4-6-8/h5,9,12H,2-4,6,11H2,1H3. The van der Waals surface area contributed by atoms with Gasteiger partial charge in [0.05, 0.1) is 16.6 Å². The fourth-order valence-electron chi connectivity index (χ4n) is 1.98. The molecule has 1 aromatic rings. The number of rotatable bonds is 3. The van der Waals surface area contributed by atoms with Crippen LogP contribution in [0, 0.1) is 6.92 Å². The average Bonchev–Trinajstić information content (AvgIpc) is 2.68. The van der Waals surface area contributed by atoms with Gasteiger partial charge >= 0.3 is 0 Å². The van der Waals surface area contributed by atoms with Crippen LogP contribution >= 0.6 is 11.5 Å². The predicted molar refractivity (Wildman–Crippen MR) is 61.3 cm³/mol. The highest BCUT2D eigenvalue weighted by molar-refractivity contribution is 7.05. The Morgan fingerprint density at radius 2 is 2.40 bits per heavy atom. The monoisotopic (exact) mass is 224 g/mol. The minimum atomic E-state index is 0.116. The minimum absolute atomic E-state index is 0.116. The zero-order chi connectivity index (χ0) is 10.7. The van der Waals surface area contributed by atoms with Gasteiger partial charge in [-0.15, -0.1) is 5.10 Å². The molecule has 0 aromatic carbocycles. The highest BCUT2D eigenvalue weighted by Crippen LogP contribution is 2.31. The molecule has 82 valence electrons. The van der Waals surface area contributed by atoms with Crippen LogP contribution in [0.25, 0.3) is 0 Å². The van der Waals surface area contributed by atoms with E-state index in [0.29, 0.717) is 0 Å². The molecule has 4 nitrogen and oxygen atoms in total. The maximum atomic E-state index is 5.62. The van der Waals surface area contributed by atoms with Crippen molar-refractivity contribution in [1.82, 2.24) is 15.0 Å². The number of nitrogens with two attached hydrogens (primary N) is 1. The van der Waals surface area contributed by atoms with Crippen molar-refractivity contribution in [3.8, 4) is 0 Å². The molecule has 1 atom stereocenters. The number of hydrazine groups is 1. The third-order valence-electron chi connectivity index (χ3n) is 2.81. The van der Waals surface area contributed by atoms with E-state index < -0.39 is 0 Å². The normalized spacial score (nSPS) is 18.7. The van der Waals surface area contributed by atoms with Gasteiger partial charge in [-0.1, -0.05) is 16.1 Å². The van der Waals surface area contributed by atoms with Gasteiger partial charge in [0.1, 0.15) is 0 Å². The van der Waals surface area contributed by atoms with Crippen LogP contribution < -0.4 is 11.3 Å². The van der Waals surface area contributed by atoms with E-state index in [0.717, 1.165) is 17.0 Å². The van der Waals surface area contributed by atoms with Gasteiger partial charge in [0.2, 0.25) is 0 Å². The van der Waals surface area contributed by atoms with Crippen LogP contribution in [-0.4, -0.2) is 9.59 Å². The lowest BCUT2D eigenvalue weighted by molar-refractivity contribution is 0.569. The first-order chi connectivity index (χ1) is 7.33. The lowest BCUT2D eigenvalue weighted by Crippen LogP contribution is -2.29. The summed E-state index contributed by atoms with van der Waals surface area (Å²) in [4.78, 5) is 1.14. The van der Waals surface area contributed by atoms with Crippen molar-refractivity contribution in [2.75, 3.05) is 0 Å². The van der Waals surface area contributed by atoms with Crippen LogP contribution in [-0.2, 0) is 0 Å². The zero-order valence-electron chi connectivity index (χ0n) is 8.86. The lowest BCUT2D eigenvalue weighted by Gasteiger charge is -2.21. The third kappa shape index (κ3) is 2.25. The third-order valence-corrected chi connectivity index (χ3v) is 3.70. The molecule has 0 fully saturated rings. The topological polar surface area (TPSA) is 63.8 Å². The average molecular weight is 224 g/mol. The molecule has 0 saturated heterocycles. The maximum absolute atomic E-state index is 5.62. The second-order valence-corrected chi connectivity index (χ2v) is 4.63. The summed E-state index contributed by atoms with van der Waals surface area (Å²) < 4.78 is 3.95. The Labute approximate surface area is 93.7 Å². The molecule has 1 aliphatic carbocycles. The quantitative estimate of drug-likeness (QED) is 0.467. The molecule has 0 spiro atoms. The Morgan fingerprint density at radius 3 is 2.93 bits per heavy atom. The van der Waals surface area contributed by atoms with E-state index >= 15 is 0 Å². The second-order valence-electron chi connectivity index (χ2n) is 3.85. The molecule has 1 unspecified atom stereocenters. The second kappa shape index (κ2) is 4.83. The van der Waals surface area contributed by atoms with Crippen molar-refractivity contribution in [2.24, 2.45) is 5.84 Å². The van der Waals surface area contributed by atoms with Crippen molar-refractivity contribution in [1.29, 1.82) is 0 Å². The number of nitrogens with one attached hydrogen (secondary N) is 1. The van der Waals surface area contributed by atoms with Gasteiger partial charge in [-0.05, 0) is 44.1 Å². The van der Waals surface area contributed by atoms with Crippen molar-refractivity contribution < 1.29 is 0 Å². The van der Waals surface area contributed by atoms with Crippen LogP contribution in [0.4, 0.5) is 0 Å². The zero-order valence-corrected chi connectivity index (χ0v) is 9.68. The van der Waals surface area contributed by atoms with Crippen LogP contribution in [0.15, 0.2) is 11.6 Å². The van der Waals surface area contributed by atoms with E-state index in [1.54, 1.807) is 0 Å². The van der Waals surface area contributed by atoms with E-state index in [-0.39, 0.29) is 6.04 Å². The first-order valence-electron chi connectivity index (χ1n) is 5.27. The highest BCUT2D eigenvalue weighted by atomic mass is 32.1. The SMILES string of the molecule is Cc1nnsc1C(NN)C1=CCCCC1. The molecule has 3 N–H and O–H groups in total. The summed E-state index contributed by atoms with van der Waals surface area (Å²) in [6, 6.07) is 0.116. The summed E-state index contributed by atoms with van der Waals surface area (Å²) in [6.07, 6.45) is 7.15. The van der Waals surface area contributed by atoms with Gasteiger partial charge < -0.3 is 0 Å². The molecular weight excluding hydrogens is 208 g/mol. The Morgan fingerprint density at radius 1 is 1.53 bits per heavy atom. The molecule has 1 heterocycles. The van der Waals surface area contributed by atoms with E-state index in [4.69, 9.17) is 5.84 Å². The van der Waals surface area contributed by atoms with Gasteiger partial charge in [0.15, 0.2) is 0 Å². The Bertz CT molecular complexity index is 358.